The summed E-state index contributed by atoms with van der Waals surface area (Å²) in [5.74, 6) is 0.198. The lowest BCUT2D eigenvalue weighted by Gasteiger charge is -2.11. The highest BCUT2D eigenvalue weighted by molar-refractivity contribution is 7.18. The van der Waals surface area contributed by atoms with Crippen LogP contribution in [0.25, 0.3) is 10.2 Å². The number of aromatic nitrogens is 2. The molecule has 1 aliphatic rings. The van der Waals surface area contributed by atoms with Gasteiger partial charge in [-0.1, -0.05) is 37.3 Å². The summed E-state index contributed by atoms with van der Waals surface area (Å²) in [7, 11) is 0. The number of nitrogens with one attached hydrogen (secondary N) is 1. The Morgan fingerprint density at radius 1 is 1.26 bits per heavy atom. The van der Waals surface area contributed by atoms with E-state index in [9.17, 15) is 9.59 Å². The summed E-state index contributed by atoms with van der Waals surface area (Å²) in [5, 5.41) is 0.725. The second-order valence-electron chi connectivity index (χ2n) is 7.08. The Bertz CT molecular complexity index is 1020. The van der Waals surface area contributed by atoms with Crippen LogP contribution >= 0.6 is 11.3 Å². The van der Waals surface area contributed by atoms with Crippen LogP contribution in [0.4, 0.5) is 0 Å². The molecular formula is C21H22N2O3S. The van der Waals surface area contributed by atoms with Crippen molar-refractivity contribution in [3.63, 3.8) is 0 Å². The van der Waals surface area contributed by atoms with Crippen LogP contribution in [0.15, 0.2) is 35.1 Å². The maximum Gasteiger partial charge on any atom is 0.306 e. The molecule has 1 atom stereocenters. The number of benzene rings is 1. The number of aromatic amines is 1. The average Bonchev–Trinajstić information content (AvgIpc) is 3.06. The Balaban J connectivity index is 1.44. The smallest absolute Gasteiger partial charge is 0.306 e. The Morgan fingerprint density at radius 2 is 2.04 bits per heavy atom. The standard InChI is InChI=1S/C21H22N2O3S/c1-13(14-7-3-2-4-8-14)11-18(24)26-12-17-22-20(25)19-15-9-5-6-10-16(15)27-21(19)23-17/h2-4,7-8,13H,5-6,9-12H2,1H3,(H,22,23,25)/t13-/m1/s1. The molecule has 140 valence electrons. The van der Waals surface area contributed by atoms with Gasteiger partial charge in [0.2, 0.25) is 0 Å². The lowest BCUT2D eigenvalue weighted by atomic mass is 9.97. The van der Waals surface area contributed by atoms with Gasteiger partial charge in [-0.15, -0.1) is 11.3 Å². The van der Waals surface area contributed by atoms with Crippen molar-refractivity contribution in [2.75, 3.05) is 0 Å². The lowest BCUT2D eigenvalue weighted by molar-refractivity contribution is -0.145. The van der Waals surface area contributed by atoms with Gasteiger partial charge in [0.1, 0.15) is 17.3 Å². The number of fused-ring (bicyclic) bond motifs is 3. The number of carbonyl (C=O) groups is 1. The summed E-state index contributed by atoms with van der Waals surface area (Å²) in [6.45, 7) is 1.99. The van der Waals surface area contributed by atoms with Gasteiger partial charge >= 0.3 is 5.97 Å². The molecule has 0 bridgehead atoms. The molecule has 2 aromatic heterocycles. The van der Waals surface area contributed by atoms with Crippen molar-refractivity contribution >= 4 is 27.5 Å². The average molecular weight is 382 g/mol. The molecule has 1 aliphatic carbocycles. The van der Waals surface area contributed by atoms with Gasteiger partial charge in [-0.25, -0.2) is 4.98 Å². The molecule has 0 spiro atoms. The molecule has 1 N–H and O–H groups in total. The molecule has 0 fully saturated rings. The van der Waals surface area contributed by atoms with Crippen LogP contribution in [0.1, 0.15) is 53.9 Å². The number of esters is 1. The molecule has 0 unspecified atom stereocenters. The molecule has 0 amide bonds. The van der Waals surface area contributed by atoms with Crippen molar-refractivity contribution < 1.29 is 9.53 Å². The van der Waals surface area contributed by atoms with Crippen molar-refractivity contribution in [2.24, 2.45) is 0 Å². The van der Waals surface area contributed by atoms with Gasteiger partial charge in [-0.3, -0.25) is 9.59 Å². The van der Waals surface area contributed by atoms with E-state index in [4.69, 9.17) is 4.74 Å². The maximum absolute atomic E-state index is 12.5. The summed E-state index contributed by atoms with van der Waals surface area (Å²) in [6, 6.07) is 9.88. The minimum atomic E-state index is -0.292. The maximum atomic E-state index is 12.5. The van der Waals surface area contributed by atoms with E-state index >= 15 is 0 Å². The molecule has 3 aromatic rings. The molecular weight excluding hydrogens is 360 g/mol. The lowest BCUT2D eigenvalue weighted by Crippen LogP contribution is -2.15. The largest absolute Gasteiger partial charge is 0.457 e. The minimum absolute atomic E-state index is 0.00586. The fourth-order valence-corrected chi connectivity index (χ4v) is 4.91. The van der Waals surface area contributed by atoms with Gasteiger partial charge in [0.25, 0.3) is 5.56 Å². The summed E-state index contributed by atoms with van der Waals surface area (Å²) < 4.78 is 5.36. The molecule has 2 heterocycles. The SMILES string of the molecule is C[C@H](CC(=O)OCc1nc2sc3c(c2c(=O)[nH]1)CCCC3)c1ccccc1. The molecule has 27 heavy (non-hydrogen) atoms. The van der Waals surface area contributed by atoms with Gasteiger partial charge < -0.3 is 9.72 Å². The predicted molar refractivity (Wildman–Crippen MR) is 106 cm³/mol. The Labute approximate surface area is 161 Å². The highest BCUT2D eigenvalue weighted by atomic mass is 32.1. The number of ether oxygens (including phenoxy) is 1. The number of carbonyl (C=O) groups excluding carboxylic acids is 1. The number of hydrogen-bond donors (Lipinski definition) is 1. The van der Waals surface area contributed by atoms with Crippen molar-refractivity contribution in [1.82, 2.24) is 9.97 Å². The van der Waals surface area contributed by atoms with Gasteiger partial charge in [0.05, 0.1) is 11.8 Å². The van der Waals surface area contributed by atoms with Gasteiger partial charge in [-0.2, -0.15) is 0 Å². The third kappa shape index (κ3) is 3.81. The van der Waals surface area contributed by atoms with E-state index in [2.05, 4.69) is 9.97 Å². The van der Waals surface area contributed by atoms with Crippen LogP contribution in [0.5, 0.6) is 0 Å². The third-order valence-electron chi connectivity index (χ3n) is 5.09. The van der Waals surface area contributed by atoms with Gasteiger partial charge in [0.15, 0.2) is 0 Å². The monoisotopic (exact) mass is 382 g/mol. The van der Waals surface area contributed by atoms with E-state index in [0.717, 1.165) is 40.6 Å². The van der Waals surface area contributed by atoms with Gasteiger partial charge in [0, 0.05) is 4.88 Å². The second kappa shape index (κ2) is 7.64. The molecule has 5 nitrogen and oxygen atoms in total. The fourth-order valence-electron chi connectivity index (χ4n) is 3.63. The van der Waals surface area contributed by atoms with Crippen LogP contribution in [0, 0.1) is 0 Å². The van der Waals surface area contributed by atoms with Crippen LogP contribution in [0.2, 0.25) is 0 Å². The number of thiophene rings is 1. The zero-order valence-corrected chi connectivity index (χ0v) is 16.1. The van der Waals surface area contributed by atoms with E-state index in [-0.39, 0.29) is 24.1 Å². The number of nitrogens with zero attached hydrogens (tertiary/aromatic N) is 1. The zero-order valence-electron chi connectivity index (χ0n) is 15.3. The number of aryl methyl sites for hydroxylation is 2. The normalized spacial score (nSPS) is 14.7. The summed E-state index contributed by atoms with van der Waals surface area (Å²) in [4.78, 5) is 34.0. The third-order valence-corrected chi connectivity index (χ3v) is 6.27. The zero-order chi connectivity index (χ0) is 18.8. The first kappa shape index (κ1) is 17.9. The molecule has 6 heteroatoms. The van der Waals surface area contributed by atoms with Crippen molar-refractivity contribution in [1.29, 1.82) is 0 Å². The predicted octanol–water partition coefficient (Wildman–Crippen LogP) is 4.10. The molecule has 0 saturated heterocycles. The van der Waals surface area contributed by atoms with Crippen LogP contribution in [-0.4, -0.2) is 15.9 Å². The molecule has 0 radical (unpaired) electrons. The number of rotatable bonds is 5. The van der Waals surface area contributed by atoms with Crippen molar-refractivity contribution in [3.8, 4) is 0 Å². The van der Waals surface area contributed by atoms with Gasteiger partial charge in [-0.05, 0) is 42.7 Å². The summed E-state index contributed by atoms with van der Waals surface area (Å²) >= 11 is 1.60. The first-order valence-electron chi connectivity index (χ1n) is 9.36. The Kier molecular flexibility index (Phi) is 5.07. The van der Waals surface area contributed by atoms with E-state index in [1.54, 1.807) is 11.3 Å². The number of hydrogen-bond acceptors (Lipinski definition) is 5. The van der Waals surface area contributed by atoms with E-state index in [1.165, 1.54) is 11.3 Å². The summed E-state index contributed by atoms with van der Waals surface area (Å²) in [6.07, 6.45) is 4.56. The second-order valence-corrected chi connectivity index (χ2v) is 8.16. The summed E-state index contributed by atoms with van der Waals surface area (Å²) in [5.41, 5.74) is 2.14. The van der Waals surface area contributed by atoms with Crippen molar-refractivity contribution in [3.05, 3.63) is 62.5 Å². The van der Waals surface area contributed by atoms with Crippen LogP contribution in [-0.2, 0) is 29.0 Å². The Hall–Kier alpha value is -2.47. The molecule has 0 aliphatic heterocycles. The van der Waals surface area contributed by atoms with E-state index < -0.39 is 0 Å². The van der Waals surface area contributed by atoms with E-state index in [0.29, 0.717) is 12.2 Å². The molecule has 0 saturated carbocycles. The van der Waals surface area contributed by atoms with E-state index in [1.807, 2.05) is 37.3 Å². The highest BCUT2D eigenvalue weighted by Crippen LogP contribution is 2.33. The van der Waals surface area contributed by atoms with Crippen molar-refractivity contribution in [2.45, 2.75) is 51.6 Å². The quantitative estimate of drug-likeness (QED) is 0.674. The highest BCUT2D eigenvalue weighted by Gasteiger charge is 2.20. The molecule has 4 rings (SSSR count). The number of H-pyrrole nitrogens is 1. The first-order chi connectivity index (χ1) is 13.1. The molecule has 1 aromatic carbocycles. The Morgan fingerprint density at radius 3 is 2.85 bits per heavy atom. The minimum Gasteiger partial charge on any atom is -0.457 e. The first-order valence-corrected chi connectivity index (χ1v) is 10.2. The van der Waals surface area contributed by atoms with Crippen LogP contribution < -0.4 is 5.56 Å². The topological polar surface area (TPSA) is 72.0 Å². The van der Waals surface area contributed by atoms with Crippen LogP contribution in [0.3, 0.4) is 0 Å². The fraction of sp³-hybridized carbons (Fsp3) is 0.381.